The van der Waals surface area contributed by atoms with Crippen LogP contribution >= 0.6 is 0 Å². The van der Waals surface area contributed by atoms with Gasteiger partial charge in [0.15, 0.2) is 6.61 Å². The lowest BCUT2D eigenvalue weighted by Gasteiger charge is -2.39. The Hall–Kier alpha value is -2.58. The fraction of sp³-hybridized carbons (Fsp3) is 0.440. The van der Waals surface area contributed by atoms with Gasteiger partial charge < -0.3 is 4.74 Å². The van der Waals surface area contributed by atoms with E-state index in [1.54, 1.807) is 4.31 Å². The van der Waals surface area contributed by atoms with Crippen molar-refractivity contribution in [3.63, 3.8) is 0 Å². The van der Waals surface area contributed by atoms with Crippen molar-refractivity contribution in [2.75, 3.05) is 13.2 Å². The molecule has 1 saturated carbocycles. The first-order chi connectivity index (χ1) is 15.4. The smallest absolute Gasteiger partial charge is 0.338 e. The number of Topliss-reactive ketones (excluding diaryl/α,β-unsaturated/α-hetero) is 1. The molecule has 0 radical (unpaired) electrons. The van der Waals surface area contributed by atoms with Crippen molar-refractivity contribution in [1.29, 1.82) is 0 Å². The molecule has 2 atom stereocenters. The average Bonchev–Trinajstić information content (AvgIpc) is 3.01. The topological polar surface area (TPSA) is 80.8 Å². The molecule has 6 nitrogen and oxygen atoms in total. The van der Waals surface area contributed by atoms with Crippen molar-refractivity contribution in [3.8, 4) is 0 Å². The van der Waals surface area contributed by atoms with Gasteiger partial charge in [-0.3, -0.25) is 4.79 Å². The molecule has 0 amide bonds. The third-order valence-corrected chi connectivity index (χ3v) is 8.45. The molecule has 1 aliphatic carbocycles. The van der Waals surface area contributed by atoms with Gasteiger partial charge in [0.25, 0.3) is 0 Å². The van der Waals surface area contributed by atoms with E-state index in [0.29, 0.717) is 6.54 Å². The third-order valence-electron chi connectivity index (χ3n) is 6.55. The first-order valence-corrected chi connectivity index (χ1v) is 12.4. The lowest BCUT2D eigenvalue weighted by atomic mass is 9.65. The standard InChI is InChI=1S/C25H28FNO5S/c1-24(2)12-18-13-25(3,15-24)16-27(18)33(30,31)19-8-6-7-17(11-19)23(29)32-14-22(28)20-9-4-5-10-21(20)26/h4-11,18H,12-16H2,1-3H3. The molecule has 176 valence electrons. The monoisotopic (exact) mass is 473 g/mol. The zero-order chi connectivity index (χ0) is 24.0. The molecule has 2 aromatic rings. The van der Waals surface area contributed by atoms with E-state index in [1.165, 1.54) is 42.5 Å². The summed E-state index contributed by atoms with van der Waals surface area (Å²) in [5, 5.41) is 0. The number of fused-ring (bicyclic) bond motifs is 2. The summed E-state index contributed by atoms with van der Waals surface area (Å²) in [5.74, 6) is -2.21. The molecular weight excluding hydrogens is 445 g/mol. The van der Waals surface area contributed by atoms with Gasteiger partial charge in [0.1, 0.15) is 5.82 Å². The number of carbonyl (C=O) groups excluding carboxylic acids is 2. The number of ether oxygens (including phenoxy) is 1. The van der Waals surface area contributed by atoms with Gasteiger partial charge in [-0.05, 0) is 60.4 Å². The lowest BCUT2D eigenvalue weighted by molar-refractivity contribution is 0.0473. The van der Waals surface area contributed by atoms with E-state index in [2.05, 4.69) is 20.8 Å². The van der Waals surface area contributed by atoms with Crippen LogP contribution in [0.1, 0.15) is 60.7 Å². The van der Waals surface area contributed by atoms with E-state index in [0.717, 1.165) is 25.3 Å². The second-order valence-corrected chi connectivity index (χ2v) is 12.2. The third kappa shape index (κ3) is 4.73. The summed E-state index contributed by atoms with van der Waals surface area (Å²) in [6.07, 6.45) is 2.59. The molecule has 2 aliphatic rings. The number of rotatable bonds is 6. The van der Waals surface area contributed by atoms with Crippen LogP contribution < -0.4 is 0 Å². The van der Waals surface area contributed by atoms with E-state index in [4.69, 9.17) is 4.74 Å². The summed E-state index contributed by atoms with van der Waals surface area (Å²) in [5.41, 5.74) is -0.147. The van der Waals surface area contributed by atoms with Crippen LogP contribution in [0.3, 0.4) is 0 Å². The Morgan fingerprint density at radius 1 is 1.09 bits per heavy atom. The molecule has 8 heteroatoms. The molecule has 0 N–H and O–H groups in total. The van der Waals surface area contributed by atoms with Crippen molar-refractivity contribution in [1.82, 2.24) is 4.31 Å². The first kappa shape index (κ1) is 23.6. The van der Waals surface area contributed by atoms with Gasteiger partial charge in [-0.1, -0.05) is 39.0 Å². The molecule has 4 rings (SSSR count). The summed E-state index contributed by atoms with van der Waals surface area (Å²) in [6, 6.07) is 11.0. The van der Waals surface area contributed by atoms with Crippen LogP contribution in [-0.2, 0) is 14.8 Å². The van der Waals surface area contributed by atoms with E-state index in [9.17, 15) is 22.4 Å². The Labute approximate surface area is 193 Å². The van der Waals surface area contributed by atoms with Gasteiger partial charge in [-0.2, -0.15) is 4.31 Å². The predicted molar refractivity (Wildman–Crippen MR) is 121 cm³/mol. The van der Waals surface area contributed by atoms with Gasteiger partial charge in [0.05, 0.1) is 16.0 Å². The van der Waals surface area contributed by atoms with E-state index in [-0.39, 0.29) is 32.9 Å². The Balaban J connectivity index is 1.50. The minimum absolute atomic E-state index is 0.0196. The molecule has 0 spiro atoms. The molecule has 2 fully saturated rings. The molecule has 33 heavy (non-hydrogen) atoms. The summed E-state index contributed by atoms with van der Waals surface area (Å²) < 4.78 is 47.3. The van der Waals surface area contributed by atoms with Gasteiger partial charge in [0.2, 0.25) is 15.8 Å². The number of ketones is 1. The van der Waals surface area contributed by atoms with Crippen molar-refractivity contribution >= 4 is 21.8 Å². The van der Waals surface area contributed by atoms with Crippen molar-refractivity contribution in [3.05, 3.63) is 65.5 Å². The zero-order valence-electron chi connectivity index (χ0n) is 19.0. The average molecular weight is 474 g/mol. The normalized spacial score (nSPS) is 24.4. The maximum Gasteiger partial charge on any atom is 0.338 e. The lowest BCUT2D eigenvalue weighted by Crippen LogP contribution is -2.37. The number of esters is 1. The fourth-order valence-corrected chi connectivity index (χ4v) is 7.41. The van der Waals surface area contributed by atoms with Gasteiger partial charge >= 0.3 is 5.97 Å². The second-order valence-electron chi connectivity index (χ2n) is 10.3. The van der Waals surface area contributed by atoms with Crippen molar-refractivity contribution in [2.24, 2.45) is 10.8 Å². The van der Waals surface area contributed by atoms with Gasteiger partial charge in [0, 0.05) is 12.6 Å². The number of hydrogen-bond donors (Lipinski definition) is 0. The fourth-order valence-electron chi connectivity index (χ4n) is 5.59. The van der Waals surface area contributed by atoms with Crippen LogP contribution in [0, 0.1) is 16.6 Å². The van der Waals surface area contributed by atoms with E-state index in [1.807, 2.05) is 0 Å². The Morgan fingerprint density at radius 3 is 2.55 bits per heavy atom. The van der Waals surface area contributed by atoms with Crippen LogP contribution in [0.15, 0.2) is 53.4 Å². The second kappa shape index (κ2) is 8.33. The molecular formula is C25H28FNO5S. The largest absolute Gasteiger partial charge is 0.454 e. The van der Waals surface area contributed by atoms with Crippen LogP contribution in [-0.4, -0.2) is 43.7 Å². The Morgan fingerprint density at radius 2 is 1.82 bits per heavy atom. The number of sulfonamides is 1. The summed E-state index contributed by atoms with van der Waals surface area (Å²) in [4.78, 5) is 24.7. The number of nitrogens with zero attached hydrogens (tertiary/aromatic N) is 1. The molecule has 1 saturated heterocycles. The van der Waals surface area contributed by atoms with Crippen molar-refractivity contribution in [2.45, 2.75) is 51.0 Å². The number of benzene rings is 2. The highest BCUT2D eigenvalue weighted by Gasteiger charge is 2.53. The van der Waals surface area contributed by atoms with E-state index < -0.39 is 34.2 Å². The first-order valence-electron chi connectivity index (χ1n) is 11.0. The molecule has 2 bridgehead atoms. The summed E-state index contributed by atoms with van der Waals surface area (Å²) >= 11 is 0. The molecule has 1 heterocycles. The summed E-state index contributed by atoms with van der Waals surface area (Å²) in [7, 11) is -3.81. The molecule has 2 unspecified atom stereocenters. The Bertz CT molecular complexity index is 1210. The SMILES string of the molecule is CC1(C)CC2CC(C)(CN2S(=O)(=O)c2cccc(C(=O)OCC(=O)c3ccccc3F)c2)C1. The highest BCUT2D eigenvalue weighted by molar-refractivity contribution is 7.89. The predicted octanol–water partition coefficient (Wildman–Crippen LogP) is 4.45. The van der Waals surface area contributed by atoms with Crippen LogP contribution in [0.4, 0.5) is 4.39 Å². The molecule has 2 aromatic carbocycles. The van der Waals surface area contributed by atoms with Crippen LogP contribution in [0.5, 0.6) is 0 Å². The van der Waals surface area contributed by atoms with Crippen LogP contribution in [0.2, 0.25) is 0 Å². The van der Waals surface area contributed by atoms with Gasteiger partial charge in [-0.15, -0.1) is 0 Å². The van der Waals surface area contributed by atoms with E-state index >= 15 is 0 Å². The van der Waals surface area contributed by atoms with Gasteiger partial charge in [-0.25, -0.2) is 17.6 Å². The number of halogens is 1. The minimum atomic E-state index is -3.81. The quantitative estimate of drug-likeness (QED) is 0.457. The summed E-state index contributed by atoms with van der Waals surface area (Å²) in [6.45, 7) is 6.30. The highest BCUT2D eigenvalue weighted by Crippen LogP contribution is 2.53. The molecule has 1 aliphatic heterocycles. The highest BCUT2D eigenvalue weighted by atomic mass is 32.2. The maximum absolute atomic E-state index is 13.8. The van der Waals surface area contributed by atoms with Crippen molar-refractivity contribution < 1.29 is 27.1 Å². The number of hydrogen-bond acceptors (Lipinski definition) is 5. The number of carbonyl (C=O) groups is 2. The maximum atomic E-state index is 13.8. The minimum Gasteiger partial charge on any atom is -0.454 e. The zero-order valence-corrected chi connectivity index (χ0v) is 19.8. The molecule has 0 aromatic heterocycles. The Kier molecular flexibility index (Phi) is 5.95. The van der Waals surface area contributed by atoms with Crippen LogP contribution in [0.25, 0.3) is 0 Å².